The highest BCUT2D eigenvalue weighted by atomic mass is 32.2. The monoisotopic (exact) mass is 256 g/mol. The molecule has 0 saturated carbocycles. The van der Waals surface area contributed by atoms with Crippen LogP contribution in [-0.4, -0.2) is 13.2 Å². The van der Waals surface area contributed by atoms with Crippen molar-refractivity contribution in [1.29, 1.82) is 0 Å². The van der Waals surface area contributed by atoms with Gasteiger partial charge in [0.25, 0.3) is 0 Å². The van der Waals surface area contributed by atoms with Gasteiger partial charge in [0.1, 0.15) is 0 Å². The number of benzene rings is 2. The van der Waals surface area contributed by atoms with Crippen molar-refractivity contribution < 1.29 is 4.74 Å². The van der Waals surface area contributed by atoms with Crippen molar-refractivity contribution in [1.82, 2.24) is 0 Å². The van der Waals surface area contributed by atoms with Crippen molar-refractivity contribution >= 4 is 11.8 Å². The second-order valence-corrected chi connectivity index (χ2v) is 5.88. The maximum absolute atomic E-state index is 5.78. The average molecular weight is 256 g/mol. The average Bonchev–Trinajstić information content (AvgIpc) is 2.49. The standard InChI is InChI=1S/C16H16OS/c1-3-7-13(8-4-1)15-11-17-12-16(18-15)14-9-5-2-6-10-14/h1-10,15-16H,11-12H2. The smallest absolute Gasteiger partial charge is 0.0626 e. The maximum Gasteiger partial charge on any atom is 0.0626 e. The number of thioether (sulfide) groups is 1. The molecule has 2 aromatic carbocycles. The molecule has 0 N–H and O–H groups in total. The molecule has 1 heterocycles. The summed E-state index contributed by atoms with van der Waals surface area (Å²) >= 11 is 2.01. The van der Waals surface area contributed by atoms with Gasteiger partial charge in [-0.3, -0.25) is 0 Å². The summed E-state index contributed by atoms with van der Waals surface area (Å²) < 4.78 is 5.78. The Balaban J connectivity index is 1.77. The Labute approximate surface area is 112 Å². The van der Waals surface area contributed by atoms with Crippen molar-refractivity contribution in [3.05, 3.63) is 71.8 Å². The molecule has 1 aliphatic rings. The fourth-order valence-corrected chi connectivity index (χ4v) is 3.62. The van der Waals surface area contributed by atoms with Crippen molar-refractivity contribution in [2.75, 3.05) is 13.2 Å². The Morgan fingerprint density at radius 3 is 1.61 bits per heavy atom. The van der Waals surface area contributed by atoms with E-state index >= 15 is 0 Å². The lowest BCUT2D eigenvalue weighted by atomic mass is 10.1. The second kappa shape index (κ2) is 5.59. The highest BCUT2D eigenvalue weighted by molar-refractivity contribution is 7.99. The first-order valence-corrected chi connectivity index (χ1v) is 7.21. The highest BCUT2D eigenvalue weighted by Crippen LogP contribution is 2.43. The molecule has 0 aliphatic carbocycles. The van der Waals surface area contributed by atoms with Gasteiger partial charge in [0.05, 0.1) is 23.7 Å². The van der Waals surface area contributed by atoms with E-state index in [0.29, 0.717) is 10.5 Å². The van der Waals surface area contributed by atoms with Gasteiger partial charge in [0.2, 0.25) is 0 Å². The van der Waals surface area contributed by atoms with Gasteiger partial charge >= 0.3 is 0 Å². The van der Waals surface area contributed by atoms with Gasteiger partial charge in [-0.15, -0.1) is 11.8 Å². The summed E-state index contributed by atoms with van der Waals surface area (Å²) in [5.74, 6) is 0. The SMILES string of the molecule is c1ccc(C2COCC(c3ccccc3)S2)cc1. The summed E-state index contributed by atoms with van der Waals surface area (Å²) in [6, 6.07) is 21.3. The third-order valence-corrected chi connectivity index (χ3v) is 4.68. The first-order valence-electron chi connectivity index (χ1n) is 6.26. The van der Waals surface area contributed by atoms with Crippen LogP contribution < -0.4 is 0 Å². The number of rotatable bonds is 2. The van der Waals surface area contributed by atoms with Crippen LogP contribution in [0.25, 0.3) is 0 Å². The lowest BCUT2D eigenvalue weighted by Gasteiger charge is -2.29. The first-order chi connectivity index (χ1) is 8.93. The van der Waals surface area contributed by atoms with Crippen LogP contribution in [0.4, 0.5) is 0 Å². The van der Waals surface area contributed by atoms with E-state index in [0.717, 1.165) is 13.2 Å². The molecule has 0 amide bonds. The summed E-state index contributed by atoms with van der Waals surface area (Å²) in [7, 11) is 0. The van der Waals surface area contributed by atoms with Crippen LogP contribution in [0.15, 0.2) is 60.7 Å². The van der Waals surface area contributed by atoms with Crippen molar-refractivity contribution in [3.63, 3.8) is 0 Å². The molecule has 3 rings (SSSR count). The topological polar surface area (TPSA) is 9.23 Å². The Morgan fingerprint density at radius 2 is 1.17 bits per heavy atom. The molecule has 2 heteroatoms. The molecule has 2 unspecified atom stereocenters. The van der Waals surface area contributed by atoms with Crippen molar-refractivity contribution in [2.45, 2.75) is 10.5 Å². The van der Waals surface area contributed by atoms with Crippen LogP contribution in [0.5, 0.6) is 0 Å². The Hall–Kier alpha value is -1.25. The normalized spacial score (nSPS) is 23.8. The summed E-state index contributed by atoms with van der Waals surface area (Å²) in [4.78, 5) is 0. The van der Waals surface area contributed by atoms with E-state index in [1.54, 1.807) is 0 Å². The summed E-state index contributed by atoms with van der Waals surface area (Å²) in [6.45, 7) is 1.63. The van der Waals surface area contributed by atoms with Gasteiger partial charge in [0.15, 0.2) is 0 Å². The van der Waals surface area contributed by atoms with E-state index in [9.17, 15) is 0 Å². The molecule has 2 atom stereocenters. The first kappa shape index (κ1) is 11.8. The summed E-state index contributed by atoms with van der Waals surface area (Å²) in [6.07, 6.45) is 0. The lowest BCUT2D eigenvalue weighted by Crippen LogP contribution is -2.18. The fraction of sp³-hybridized carbons (Fsp3) is 0.250. The predicted octanol–water partition coefficient (Wildman–Crippen LogP) is 4.23. The largest absolute Gasteiger partial charge is 0.378 e. The predicted molar refractivity (Wildman–Crippen MR) is 76.8 cm³/mol. The van der Waals surface area contributed by atoms with Gasteiger partial charge in [-0.1, -0.05) is 60.7 Å². The van der Waals surface area contributed by atoms with Crippen LogP contribution in [0.1, 0.15) is 21.6 Å². The third kappa shape index (κ3) is 2.60. The third-order valence-electron chi connectivity index (χ3n) is 3.21. The molecule has 1 saturated heterocycles. The van der Waals surface area contributed by atoms with E-state index in [4.69, 9.17) is 4.74 Å². The molecule has 1 nitrogen and oxygen atoms in total. The van der Waals surface area contributed by atoms with E-state index < -0.39 is 0 Å². The minimum absolute atomic E-state index is 0.449. The molecule has 18 heavy (non-hydrogen) atoms. The van der Waals surface area contributed by atoms with Crippen LogP contribution in [-0.2, 0) is 4.74 Å². The van der Waals surface area contributed by atoms with Gasteiger partial charge in [-0.05, 0) is 11.1 Å². The molecule has 1 aliphatic heterocycles. The summed E-state index contributed by atoms with van der Waals surface area (Å²) in [5.41, 5.74) is 2.73. The van der Waals surface area contributed by atoms with E-state index in [-0.39, 0.29) is 0 Å². The van der Waals surface area contributed by atoms with Gasteiger partial charge < -0.3 is 4.74 Å². The Bertz CT molecular complexity index is 437. The summed E-state index contributed by atoms with van der Waals surface area (Å²) in [5, 5.41) is 0.898. The van der Waals surface area contributed by atoms with Crippen LogP contribution in [0.2, 0.25) is 0 Å². The molecule has 0 radical (unpaired) electrons. The number of hydrogen-bond donors (Lipinski definition) is 0. The Kier molecular flexibility index (Phi) is 3.67. The highest BCUT2D eigenvalue weighted by Gasteiger charge is 2.25. The van der Waals surface area contributed by atoms with E-state index in [1.807, 2.05) is 11.8 Å². The molecular weight excluding hydrogens is 240 g/mol. The molecule has 0 bridgehead atoms. The molecule has 2 aromatic rings. The van der Waals surface area contributed by atoms with Crippen LogP contribution in [0, 0.1) is 0 Å². The van der Waals surface area contributed by atoms with Crippen molar-refractivity contribution in [3.8, 4) is 0 Å². The zero-order valence-electron chi connectivity index (χ0n) is 10.2. The van der Waals surface area contributed by atoms with Gasteiger partial charge in [0, 0.05) is 0 Å². The van der Waals surface area contributed by atoms with Crippen molar-refractivity contribution in [2.24, 2.45) is 0 Å². The molecule has 92 valence electrons. The quantitative estimate of drug-likeness (QED) is 0.795. The van der Waals surface area contributed by atoms with Crippen LogP contribution >= 0.6 is 11.8 Å². The van der Waals surface area contributed by atoms with Gasteiger partial charge in [-0.2, -0.15) is 0 Å². The molecule has 0 spiro atoms. The zero-order valence-corrected chi connectivity index (χ0v) is 11.0. The van der Waals surface area contributed by atoms with E-state index in [1.165, 1.54) is 11.1 Å². The Morgan fingerprint density at radius 1 is 0.722 bits per heavy atom. The second-order valence-electron chi connectivity index (χ2n) is 4.47. The van der Waals surface area contributed by atoms with Gasteiger partial charge in [-0.25, -0.2) is 0 Å². The zero-order chi connectivity index (χ0) is 12.2. The van der Waals surface area contributed by atoms with E-state index in [2.05, 4.69) is 60.7 Å². The maximum atomic E-state index is 5.78. The van der Waals surface area contributed by atoms with Crippen LogP contribution in [0.3, 0.4) is 0 Å². The number of ether oxygens (including phenoxy) is 1. The fourth-order valence-electron chi connectivity index (χ4n) is 2.24. The number of hydrogen-bond acceptors (Lipinski definition) is 2. The molecular formula is C16H16OS. The molecule has 0 aromatic heterocycles. The minimum atomic E-state index is 0.449. The molecule has 1 fully saturated rings. The minimum Gasteiger partial charge on any atom is -0.378 e. The lowest BCUT2D eigenvalue weighted by molar-refractivity contribution is 0.127.